The number of likely N-dealkylation sites (N-methyl/N-ethyl adjacent to an activating group) is 1. The summed E-state index contributed by atoms with van der Waals surface area (Å²) < 4.78 is 18.8. The molecule has 1 N–H and O–H groups in total. The first-order valence-corrected chi connectivity index (χ1v) is 5.65. The Morgan fingerprint density at radius 1 is 1.50 bits per heavy atom. The minimum atomic E-state index is -0.207. The number of ether oxygens (including phenoxy) is 1. The molecule has 0 saturated carbocycles. The predicted octanol–water partition coefficient (Wildman–Crippen LogP) is 2.27. The Bertz CT molecular complexity index is 404. The summed E-state index contributed by atoms with van der Waals surface area (Å²) in [7, 11) is 1.87. The summed E-state index contributed by atoms with van der Waals surface area (Å²) in [5, 5.41) is 3.73. The molecule has 1 aliphatic heterocycles. The predicted molar refractivity (Wildman–Crippen MR) is 62.6 cm³/mol. The van der Waals surface area contributed by atoms with E-state index in [1.54, 1.807) is 13.0 Å². The standard InChI is InChI=1S/C12H15ClFNO/c1-8-3-10(13)9(4-11(8)14)12(5-15-2)6-16-7-12/h3-4,15H,5-7H2,1-2H3. The van der Waals surface area contributed by atoms with Crippen molar-refractivity contribution < 1.29 is 9.13 Å². The molecule has 2 rings (SSSR count). The molecule has 1 fully saturated rings. The van der Waals surface area contributed by atoms with E-state index < -0.39 is 0 Å². The first-order chi connectivity index (χ1) is 7.59. The molecule has 0 aliphatic carbocycles. The zero-order chi connectivity index (χ0) is 11.8. The van der Waals surface area contributed by atoms with E-state index >= 15 is 0 Å². The lowest BCUT2D eigenvalue weighted by Crippen LogP contribution is -2.53. The second-order valence-electron chi connectivity index (χ2n) is 4.38. The minimum absolute atomic E-state index is 0.166. The van der Waals surface area contributed by atoms with Gasteiger partial charge in [0.05, 0.1) is 18.6 Å². The maximum Gasteiger partial charge on any atom is 0.126 e. The number of rotatable bonds is 3. The van der Waals surface area contributed by atoms with Crippen LogP contribution in [0.5, 0.6) is 0 Å². The third kappa shape index (κ3) is 1.83. The van der Waals surface area contributed by atoms with Crippen molar-refractivity contribution in [3.05, 3.63) is 34.1 Å². The summed E-state index contributed by atoms with van der Waals surface area (Å²) in [5.74, 6) is -0.207. The molecule has 1 aliphatic rings. The van der Waals surface area contributed by atoms with E-state index in [1.165, 1.54) is 6.07 Å². The molecule has 0 atom stereocenters. The van der Waals surface area contributed by atoms with E-state index in [2.05, 4.69) is 5.32 Å². The van der Waals surface area contributed by atoms with Gasteiger partial charge in [0.2, 0.25) is 0 Å². The Morgan fingerprint density at radius 3 is 2.69 bits per heavy atom. The zero-order valence-electron chi connectivity index (χ0n) is 9.44. The summed E-state index contributed by atoms with van der Waals surface area (Å²) in [6, 6.07) is 3.22. The molecule has 1 aromatic carbocycles. The second-order valence-corrected chi connectivity index (χ2v) is 4.79. The van der Waals surface area contributed by atoms with Gasteiger partial charge in [0.15, 0.2) is 0 Å². The number of hydrogen-bond donors (Lipinski definition) is 1. The van der Waals surface area contributed by atoms with Gasteiger partial charge in [0.1, 0.15) is 5.82 Å². The lowest BCUT2D eigenvalue weighted by Gasteiger charge is -2.42. The van der Waals surface area contributed by atoms with Crippen molar-refractivity contribution in [2.24, 2.45) is 0 Å². The quantitative estimate of drug-likeness (QED) is 0.880. The molecule has 0 amide bonds. The fourth-order valence-corrected chi connectivity index (χ4v) is 2.51. The van der Waals surface area contributed by atoms with Gasteiger partial charge in [-0.3, -0.25) is 0 Å². The van der Waals surface area contributed by atoms with Gasteiger partial charge in [-0.05, 0) is 37.2 Å². The Kier molecular flexibility index (Phi) is 3.19. The number of nitrogens with one attached hydrogen (secondary N) is 1. The van der Waals surface area contributed by atoms with Crippen molar-refractivity contribution in [1.29, 1.82) is 0 Å². The molecule has 0 bridgehead atoms. The number of aryl methyl sites for hydroxylation is 1. The second kappa shape index (κ2) is 4.32. The van der Waals surface area contributed by atoms with Gasteiger partial charge in [-0.1, -0.05) is 11.6 Å². The monoisotopic (exact) mass is 243 g/mol. The zero-order valence-corrected chi connectivity index (χ0v) is 10.2. The van der Waals surface area contributed by atoms with Gasteiger partial charge in [0, 0.05) is 11.6 Å². The summed E-state index contributed by atoms with van der Waals surface area (Å²) in [5.41, 5.74) is 1.26. The maximum atomic E-state index is 13.6. The van der Waals surface area contributed by atoms with Crippen LogP contribution in [0.3, 0.4) is 0 Å². The number of hydrogen-bond acceptors (Lipinski definition) is 2. The Hall–Kier alpha value is -0.640. The van der Waals surface area contributed by atoms with Gasteiger partial charge in [-0.2, -0.15) is 0 Å². The minimum Gasteiger partial charge on any atom is -0.379 e. The van der Waals surface area contributed by atoms with Crippen LogP contribution in [0, 0.1) is 12.7 Å². The molecule has 0 aromatic heterocycles. The van der Waals surface area contributed by atoms with Crippen LogP contribution in [0.1, 0.15) is 11.1 Å². The van der Waals surface area contributed by atoms with Gasteiger partial charge < -0.3 is 10.1 Å². The summed E-state index contributed by atoms with van der Waals surface area (Å²) in [4.78, 5) is 0. The van der Waals surface area contributed by atoms with Gasteiger partial charge in [-0.25, -0.2) is 4.39 Å². The summed E-state index contributed by atoms with van der Waals surface area (Å²) >= 11 is 6.18. The number of benzene rings is 1. The first-order valence-electron chi connectivity index (χ1n) is 5.27. The van der Waals surface area contributed by atoms with Crippen LogP contribution in [0.2, 0.25) is 5.02 Å². The highest BCUT2D eigenvalue weighted by atomic mass is 35.5. The third-order valence-electron chi connectivity index (χ3n) is 3.09. The lowest BCUT2D eigenvalue weighted by atomic mass is 9.78. The Labute approximate surface area is 99.7 Å². The van der Waals surface area contributed by atoms with Crippen LogP contribution in [0.25, 0.3) is 0 Å². The van der Waals surface area contributed by atoms with Crippen LogP contribution >= 0.6 is 11.6 Å². The molecule has 1 aromatic rings. The fraction of sp³-hybridized carbons (Fsp3) is 0.500. The topological polar surface area (TPSA) is 21.3 Å². The number of halogens is 2. The molecule has 1 saturated heterocycles. The molecular formula is C12H15ClFNO. The van der Waals surface area contributed by atoms with Crippen LogP contribution in [-0.4, -0.2) is 26.8 Å². The van der Waals surface area contributed by atoms with Gasteiger partial charge >= 0.3 is 0 Å². The lowest BCUT2D eigenvalue weighted by molar-refractivity contribution is -0.0583. The van der Waals surface area contributed by atoms with Crippen molar-refractivity contribution in [3.8, 4) is 0 Å². The largest absolute Gasteiger partial charge is 0.379 e. The molecule has 0 spiro atoms. The average molecular weight is 244 g/mol. The highest BCUT2D eigenvalue weighted by Crippen LogP contribution is 2.37. The van der Waals surface area contributed by atoms with Crippen LogP contribution in [-0.2, 0) is 10.2 Å². The average Bonchev–Trinajstić information content (AvgIpc) is 2.18. The fourth-order valence-electron chi connectivity index (χ4n) is 2.09. The van der Waals surface area contributed by atoms with E-state index in [1.807, 2.05) is 7.05 Å². The molecule has 0 unspecified atom stereocenters. The van der Waals surface area contributed by atoms with Crippen LogP contribution < -0.4 is 5.32 Å². The van der Waals surface area contributed by atoms with E-state index in [0.29, 0.717) is 23.8 Å². The summed E-state index contributed by atoms with van der Waals surface area (Å²) in [6.07, 6.45) is 0. The van der Waals surface area contributed by atoms with Gasteiger partial charge in [-0.15, -0.1) is 0 Å². The van der Waals surface area contributed by atoms with Crippen LogP contribution in [0.15, 0.2) is 12.1 Å². The van der Waals surface area contributed by atoms with Crippen molar-refractivity contribution >= 4 is 11.6 Å². The molecule has 1 heterocycles. The van der Waals surface area contributed by atoms with Crippen molar-refractivity contribution in [1.82, 2.24) is 5.32 Å². The van der Waals surface area contributed by atoms with Crippen molar-refractivity contribution in [3.63, 3.8) is 0 Å². The van der Waals surface area contributed by atoms with Crippen molar-refractivity contribution in [2.45, 2.75) is 12.3 Å². The molecular weight excluding hydrogens is 229 g/mol. The third-order valence-corrected chi connectivity index (χ3v) is 3.40. The maximum absolute atomic E-state index is 13.6. The molecule has 0 radical (unpaired) electrons. The molecule has 2 nitrogen and oxygen atoms in total. The Balaban J connectivity index is 2.42. The van der Waals surface area contributed by atoms with E-state index in [0.717, 1.165) is 12.1 Å². The van der Waals surface area contributed by atoms with E-state index in [-0.39, 0.29) is 11.2 Å². The van der Waals surface area contributed by atoms with E-state index in [9.17, 15) is 4.39 Å². The summed E-state index contributed by atoms with van der Waals surface area (Å²) in [6.45, 7) is 3.65. The highest BCUT2D eigenvalue weighted by Gasteiger charge is 2.41. The van der Waals surface area contributed by atoms with E-state index in [4.69, 9.17) is 16.3 Å². The smallest absolute Gasteiger partial charge is 0.126 e. The van der Waals surface area contributed by atoms with Gasteiger partial charge in [0.25, 0.3) is 0 Å². The SMILES string of the molecule is CNCC1(c2cc(F)c(C)cc2Cl)COC1. The molecule has 4 heteroatoms. The first kappa shape index (κ1) is 11.8. The Morgan fingerprint density at radius 2 is 2.19 bits per heavy atom. The van der Waals surface area contributed by atoms with Crippen LogP contribution in [0.4, 0.5) is 4.39 Å². The highest BCUT2D eigenvalue weighted by molar-refractivity contribution is 6.31. The molecule has 88 valence electrons. The van der Waals surface area contributed by atoms with Crippen molar-refractivity contribution in [2.75, 3.05) is 26.8 Å². The normalized spacial score (nSPS) is 18.2. The molecule has 16 heavy (non-hydrogen) atoms.